The molecule has 2 heterocycles. The minimum absolute atomic E-state index is 0.123. The Kier molecular flexibility index (Phi) is 3.96. The van der Waals surface area contributed by atoms with Gasteiger partial charge in [0.15, 0.2) is 0 Å². The maximum Gasteiger partial charge on any atom is 0.249 e. The number of hydrogen-bond acceptors (Lipinski definition) is 5. The topological polar surface area (TPSA) is 77.2 Å². The Balaban J connectivity index is 1.60. The van der Waals surface area contributed by atoms with E-state index in [0.29, 0.717) is 18.3 Å². The van der Waals surface area contributed by atoms with Gasteiger partial charge in [-0.2, -0.15) is 4.98 Å². The van der Waals surface area contributed by atoms with E-state index in [1.165, 1.54) is 5.56 Å². The van der Waals surface area contributed by atoms with Crippen LogP contribution in [-0.2, 0) is 16.1 Å². The zero-order valence-corrected chi connectivity index (χ0v) is 11.8. The Bertz CT molecular complexity index is 615. The van der Waals surface area contributed by atoms with Crippen molar-refractivity contribution in [1.82, 2.24) is 15.5 Å². The fourth-order valence-corrected chi connectivity index (χ4v) is 2.21. The lowest BCUT2D eigenvalue weighted by Crippen LogP contribution is -2.33. The van der Waals surface area contributed by atoms with Gasteiger partial charge in [-0.1, -0.05) is 35.0 Å². The second-order valence-electron chi connectivity index (χ2n) is 5.10. The van der Waals surface area contributed by atoms with E-state index >= 15 is 0 Å². The molecule has 1 unspecified atom stereocenters. The standard InChI is InChI=1S/C15H17N3O3/c1-10-4-6-11(7-5-10)14-17-13(21-18-14)9-16-15(19)12-3-2-8-20-12/h4-7,12H,2-3,8-9H2,1H3,(H,16,19). The highest BCUT2D eigenvalue weighted by molar-refractivity contribution is 5.80. The molecule has 1 aliphatic heterocycles. The molecule has 1 saturated heterocycles. The summed E-state index contributed by atoms with van der Waals surface area (Å²) in [6.45, 7) is 2.89. The number of hydrogen-bond donors (Lipinski definition) is 1. The number of carbonyl (C=O) groups excluding carboxylic acids is 1. The molecule has 0 aliphatic carbocycles. The predicted molar refractivity (Wildman–Crippen MR) is 75.3 cm³/mol. The lowest BCUT2D eigenvalue weighted by Gasteiger charge is -2.08. The van der Waals surface area contributed by atoms with Crippen LogP contribution in [0.1, 0.15) is 24.3 Å². The number of nitrogens with zero attached hydrogens (tertiary/aromatic N) is 2. The Labute approximate surface area is 122 Å². The second kappa shape index (κ2) is 6.05. The van der Waals surface area contributed by atoms with Crippen LogP contribution >= 0.6 is 0 Å². The van der Waals surface area contributed by atoms with Crippen LogP contribution in [0, 0.1) is 6.92 Å². The minimum atomic E-state index is -0.343. The number of ether oxygens (including phenoxy) is 1. The van der Waals surface area contributed by atoms with Crippen molar-refractivity contribution in [2.24, 2.45) is 0 Å². The first-order chi connectivity index (χ1) is 10.2. The molecule has 6 nitrogen and oxygen atoms in total. The summed E-state index contributed by atoms with van der Waals surface area (Å²) < 4.78 is 10.5. The summed E-state index contributed by atoms with van der Waals surface area (Å²) in [5.74, 6) is 0.788. The molecule has 0 bridgehead atoms. The largest absolute Gasteiger partial charge is 0.368 e. The molecular formula is C15H17N3O3. The van der Waals surface area contributed by atoms with Crippen LogP contribution in [0.2, 0.25) is 0 Å². The van der Waals surface area contributed by atoms with Crippen LogP contribution in [0.4, 0.5) is 0 Å². The third kappa shape index (κ3) is 3.28. The van der Waals surface area contributed by atoms with Gasteiger partial charge < -0.3 is 14.6 Å². The molecule has 1 aromatic heterocycles. The zero-order valence-electron chi connectivity index (χ0n) is 11.8. The van der Waals surface area contributed by atoms with Gasteiger partial charge in [0.05, 0.1) is 6.54 Å². The maximum atomic E-state index is 11.8. The van der Waals surface area contributed by atoms with Crippen LogP contribution in [0.25, 0.3) is 11.4 Å². The summed E-state index contributed by atoms with van der Waals surface area (Å²) in [6.07, 6.45) is 1.35. The molecule has 6 heteroatoms. The summed E-state index contributed by atoms with van der Waals surface area (Å²) in [4.78, 5) is 16.1. The number of carbonyl (C=O) groups is 1. The Morgan fingerprint density at radius 1 is 1.38 bits per heavy atom. The first-order valence-corrected chi connectivity index (χ1v) is 7.01. The highest BCUT2D eigenvalue weighted by Gasteiger charge is 2.23. The highest BCUT2D eigenvalue weighted by atomic mass is 16.5. The van der Waals surface area contributed by atoms with E-state index in [1.54, 1.807) is 0 Å². The van der Waals surface area contributed by atoms with Gasteiger partial charge in [-0.3, -0.25) is 4.79 Å². The molecule has 1 aromatic carbocycles. The first-order valence-electron chi connectivity index (χ1n) is 7.01. The van der Waals surface area contributed by atoms with Crippen molar-refractivity contribution < 1.29 is 14.1 Å². The number of benzene rings is 1. The third-order valence-electron chi connectivity index (χ3n) is 3.41. The predicted octanol–water partition coefficient (Wildman–Crippen LogP) is 1.84. The fraction of sp³-hybridized carbons (Fsp3) is 0.400. The van der Waals surface area contributed by atoms with Crippen molar-refractivity contribution in [2.45, 2.75) is 32.4 Å². The van der Waals surface area contributed by atoms with Gasteiger partial charge in [-0.15, -0.1) is 0 Å². The summed E-state index contributed by atoms with van der Waals surface area (Å²) in [5, 5.41) is 6.68. The fourth-order valence-electron chi connectivity index (χ4n) is 2.21. The molecule has 2 aromatic rings. The molecule has 1 fully saturated rings. The number of aryl methyl sites for hydroxylation is 1. The van der Waals surface area contributed by atoms with Crippen molar-refractivity contribution in [3.63, 3.8) is 0 Å². The van der Waals surface area contributed by atoms with Gasteiger partial charge in [0.25, 0.3) is 0 Å². The van der Waals surface area contributed by atoms with Gasteiger partial charge in [-0.05, 0) is 19.8 Å². The third-order valence-corrected chi connectivity index (χ3v) is 3.41. The monoisotopic (exact) mass is 287 g/mol. The minimum Gasteiger partial charge on any atom is -0.368 e. The van der Waals surface area contributed by atoms with E-state index in [0.717, 1.165) is 18.4 Å². The van der Waals surface area contributed by atoms with Gasteiger partial charge in [0, 0.05) is 12.2 Å². The molecule has 1 N–H and O–H groups in total. The highest BCUT2D eigenvalue weighted by Crippen LogP contribution is 2.16. The van der Waals surface area contributed by atoms with Crippen molar-refractivity contribution in [2.75, 3.05) is 6.61 Å². The van der Waals surface area contributed by atoms with E-state index in [2.05, 4.69) is 15.5 Å². The van der Waals surface area contributed by atoms with Crippen molar-refractivity contribution in [3.05, 3.63) is 35.7 Å². The average Bonchev–Trinajstić information content (AvgIpc) is 3.17. The Hall–Kier alpha value is -2.21. The molecule has 110 valence electrons. The lowest BCUT2D eigenvalue weighted by atomic mass is 10.1. The molecule has 0 saturated carbocycles. The van der Waals surface area contributed by atoms with Crippen LogP contribution in [-0.4, -0.2) is 28.8 Å². The molecule has 0 radical (unpaired) electrons. The number of amides is 1. The number of rotatable bonds is 4. The molecule has 1 amide bonds. The molecule has 1 atom stereocenters. The van der Waals surface area contributed by atoms with E-state index in [1.807, 2.05) is 31.2 Å². The van der Waals surface area contributed by atoms with Crippen LogP contribution in [0.5, 0.6) is 0 Å². The normalized spacial score (nSPS) is 17.9. The van der Waals surface area contributed by atoms with E-state index in [4.69, 9.17) is 9.26 Å². The second-order valence-corrected chi connectivity index (χ2v) is 5.10. The SMILES string of the molecule is Cc1ccc(-c2noc(CNC(=O)C3CCCO3)n2)cc1. The summed E-state index contributed by atoms with van der Waals surface area (Å²) in [5.41, 5.74) is 2.06. The van der Waals surface area contributed by atoms with Gasteiger partial charge in [0.2, 0.25) is 17.6 Å². The van der Waals surface area contributed by atoms with Crippen molar-refractivity contribution in [3.8, 4) is 11.4 Å². The summed E-state index contributed by atoms with van der Waals surface area (Å²) in [7, 11) is 0. The molecular weight excluding hydrogens is 270 g/mol. The smallest absolute Gasteiger partial charge is 0.249 e. The van der Waals surface area contributed by atoms with Crippen LogP contribution in [0.15, 0.2) is 28.8 Å². The quantitative estimate of drug-likeness (QED) is 0.928. The van der Waals surface area contributed by atoms with Gasteiger partial charge in [0.1, 0.15) is 6.10 Å². The maximum absolute atomic E-state index is 11.8. The Morgan fingerprint density at radius 3 is 2.90 bits per heavy atom. The van der Waals surface area contributed by atoms with Gasteiger partial charge >= 0.3 is 0 Å². The summed E-state index contributed by atoms with van der Waals surface area (Å²) in [6, 6.07) is 7.86. The van der Waals surface area contributed by atoms with Crippen molar-refractivity contribution >= 4 is 5.91 Å². The zero-order chi connectivity index (χ0) is 14.7. The lowest BCUT2D eigenvalue weighted by molar-refractivity contribution is -0.130. The molecule has 0 spiro atoms. The molecule has 1 aliphatic rings. The van der Waals surface area contributed by atoms with Crippen LogP contribution < -0.4 is 5.32 Å². The first kappa shape index (κ1) is 13.8. The number of nitrogens with one attached hydrogen (secondary N) is 1. The van der Waals surface area contributed by atoms with E-state index in [-0.39, 0.29) is 18.6 Å². The van der Waals surface area contributed by atoms with E-state index < -0.39 is 0 Å². The summed E-state index contributed by atoms with van der Waals surface area (Å²) >= 11 is 0. The molecule has 21 heavy (non-hydrogen) atoms. The molecule has 3 rings (SSSR count). The van der Waals surface area contributed by atoms with Gasteiger partial charge in [-0.25, -0.2) is 0 Å². The van der Waals surface area contributed by atoms with Crippen molar-refractivity contribution in [1.29, 1.82) is 0 Å². The average molecular weight is 287 g/mol. The number of aromatic nitrogens is 2. The Morgan fingerprint density at radius 2 is 2.19 bits per heavy atom. The van der Waals surface area contributed by atoms with Crippen LogP contribution in [0.3, 0.4) is 0 Å². The van der Waals surface area contributed by atoms with E-state index in [9.17, 15) is 4.79 Å².